The fourth-order valence-electron chi connectivity index (χ4n) is 2.18. The number of ether oxygens (including phenoxy) is 1. The summed E-state index contributed by atoms with van der Waals surface area (Å²) in [4.78, 5) is 23.0. The van der Waals surface area contributed by atoms with Crippen molar-refractivity contribution in [3.05, 3.63) is 45.9 Å². The molecular weight excluding hydrogens is 322 g/mol. The van der Waals surface area contributed by atoms with Crippen molar-refractivity contribution in [2.24, 2.45) is 0 Å². The van der Waals surface area contributed by atoms with E-state index in [0.29, 0.717) is 18.1 Å². The monoisotopic (exact) mass is 335 g/mol. The molecule has 22 heavy (non-hydrogen) atoms. The highest BCUT2D eigenvalue weighted by Gasteiger charge is 2.27. The molecular formula is C15H14ClN3O2S. The van der Waals surface area contributed by atoms with Crippen LogP contribution in [0.1, 0.15) is 11.3 Å². The van der Waals surface area contributed by atoms with Crippen molar-refractivity contribution < 1.29 is 9.53 Å². The van der Waals surface area contributed by atoms with Gasteiger partial charge >= 0.3 is 6.01 Å². The van der Waals surface area contributed by atoms with Crippen LogP contribution in [0.15, 0.2) is 36.0 Å². The number of halogens is 1. The molecule has 2 aromatic heterocycles. The van der Waals surface area contributed by atoms with Gasteiger partial charge in [-0.25, -0.2) is 9.97 Å². The average Bonchev–Trinajstić information content (AvgIpc) is 3.19. The maximum Gasteiger partial charge on any atom is 0.316 e. The van der Waals surface area contributed by atoms with Gasteiger partial charge in [-0.05, 0) is 17.5 Å². The highest BCUT2D eigenvalue weighted by Crippen LogP contribution is 2.17. The number of hydrogen-bond donors (Lipinski definition) is 0. The number of thiophene rings is 1. The summed E-state index contributed by atoms with van der Waals surface area (Å²) in [6.07, 6.45) is 7.11. The zero-order valence-corrected chi connectivity index (χ0v) is 13.3. The Morgan fingerprint density at radius 2 is 2.27 bits per heavy atom. The van der Waals surface area contributed by atoms with E-state index in [0.717, 1.165) is 11.3 Å². The normalized spacial score (nSPS) is 18.0. The molecule has 114 valence electrons. The van der Waals surface area contributed by atoms with Gasteiger partial charge in [-0.15, -0.1) is 11.3 Å². The molecule has 1 saturated heterocycles. The predicted octanol–water partition coefficient (Wildman–Crippen LogP) is 2.88. The van der Waals surface area contributed by atoms with E-state index in [1.165, 1.54) is 12.4 Å². The fraction of sp³-hybridized carbons (Fsp3) is 0.267. The third kappa shape index (κ3) is 3.84. The molecule has 3 rings (SSSR count). The second kappa shape index (κ2) is 6.89. The molecule has 5 nitrogen and oxygen atoms in total. The van der Waals surface area contributed by atoms with Crippen LogP contribution in [0.25, 0.3) is 6.08 Å². The van der Waals surface area contributed by atoms with Gasteiger partial charge in [-0.2, -0.15) is 0 Å². The Morgan fingerprint density at radius 3 is 3.00 bits per heavy atom. The van der Waals surface area contributed by atoms with Crippen LogP contribution in [0.4, 0.5) is 0 Å². The molecule has 0 bridgehead atoms. The zero-order chi connectivity index (χ0) is 15.4. The van der Waals surface area contributed by atoms with Crippen LogP contribution in [-0.2, 0) is 4.79 Å². The molecule has 0 unspecified atom stereocenters. The van der Waals surface area contributed by atoms with Crippen molar-refractivity contribution in [2.75, 3.05) is 13.1 Å². The Morgan fingerprint density at radius 1 is 1.45 bits per heavy atom. The first kappa shape index (κ1) is 15.0. The van der Waals surface area contributed by atoms with Gasteiger partial charge in [0.25, 0.3) is 0 Å². The lowest BCUT2D eigenvalue weighted by Crippen LogP contribution is -2.29. The van der Waals surface area contributed by atoms with E-state index in [1.54, 1.807) is 22.3 Å². The van der Waals surface area contributed by atoms with Crippen LogP contribution < -0.4 is 4.74 Å². The van der Waals surface area contributed by atoms with Gasteiger partial charge in [0.2, 0.25) is 5.91 Å². The number of carbonyl (C=O) groups is 1. The minimum atomic E-state index is -0.0831. The summed E-state index contributed by atoms with van der Waals surface area (Å²) >= 11 is 7.33. The van der Waals surface area contributed by atoms with Crippen molar-refractivity contribution in [3.63, 3.8) is 0 Å². The molecule has 1 fully saturated rings. The molecule has 1 amide bonds. The van der Waals surface area contributed by atoms with Crippen LogP contribution in [0.5, 0.6) is 6.01 Å². The first-order valence-corrected chi connectivity index (χ1v) is 8.11. The molecule has 3 heterocycles. The molecule has 0 N–H and O–H groups in total. The molecule has 0 aromatic carbocycles. The Kier molecular flexibility index (Phi) is 4.70. The average molecular weight is 336 g/mol. The van der Waals surface area contributed by atoms with E-state index in [-0.39, 0.29) is 18.0 Å². The first-order valence-electron chi connectivity index (χ1n) is 6.85. The lowest BCUT2D eigenvalue weighted by Gasteiger charge is -2.14. The van der Waals surface area contributed by atoms with E-state index < -0.39 is 0 Å². The summed E-state index contributed by atoms with van der Waals surface area (Å²) in [6, 6.07) is 4.22. The van der Waals surface area contributed by atoms with Crippen LogP contribution in [0.3, 0.4) is 0 Å². The minimum Gasteiger partial charge on any atom is -0.458 e. The highest BCUT2D eigenvalue weighted by atomic mass is 35.5. The molecule has 1 aliphatic rings. The van der Waals surface area contributed by atoms with Crippen LogP contribution in [-0.4, -0.2) is 40.0 Å². The summed E-state index contributed by atoms with van der Waals surface area (Å²) < 4.78 is 5.66. The van der Waals surface area contributed by atoms with Crippen LogP contribution >= 0.6 is 22.9 Å². The molecule has 2 aromatic rings. The second-order valence-corrected chi connectivity index (χ2v) is 6.26. The standard InChI is InChI=1S/C15H14ClN3O2S/c16-11-8-17-15(18-9-11)21-12-5-6-19(10-12)14(20)4-3-13-2-1-7-22-13/h1-4,7-9,12H,5-6,10H2/b4-3+/t12-/m1/s1. The quantitative estimate of drug-likeness (QED) is 0.806. The molecule has 0 saturated carbocycles. The third-order valence-corrected chi connectivity index (χ3v) is 4.29. The lowest BCUT2D eigenvalue weighted by molar-refractivity contribution is -0.125. The number of likely N-dealkylation sites (tertiary alicyclic amines) is 1. The van der Waals surface area contributed by atoms with Gasteiger partial charge in [-0.3, -0.25) is 4.79 Å². The van der Waals surface area contributed by atoms with Crippen molar-refractivity contribution in [3.8, 4) is 6.01 Å². The van der Waals surface area contributed by atoms with Gasteiger partial charge in [0.05, 0.1) is 24.0 Å². The van der Waals surface area contributed by atoms with E-state index in [9.17, 15) is 4.79 Å². The van der Waals surface area contributed by atoms with E-state index in [1.807, 2.05) is 23.6 Å². The zero-order valence-electron chi connectivity index (χ0n) is 11.7. The summed E-state index contributed by atoms with van der Waals surface area (Å²) in [5.41, 5.74) is 0. The molecule has 1 atom stereocenters. The number of carbonyl (C=O) groups excluding carboxylic acids is 1. The third-order valence-electron chi connectivity index (χ3n) is 3.26. The second-order valence-electron chi connectivity index (χ2n) is 4.85. The van der Waals surface area contributed by atoms with Crippen molar-refractivity contribution >= 4 is 34.9 Å². The molecule has 0 aliphatic carbocycles. The Hall–Kier alpha value is -1.92. The number of amides is 1. The first-order chi connectivity index (χ1) is 10.7. The minimum absolute atomic E-state index is 0.00322. The summed E-state index contributed by atoms with van der Waals surface area (Å²) in [5, 5.41) is 2.45. The van der Waals surface area contributed by atoms with Crippen molar-refractivity contribution in [2.45, 2.75) is 12.5 Å². The number of rotatable bonds is 4. The molecule has 0 radical (unpaired) electrons. The van der Waals surface area contributed by atoms with E-state index in [4.69, 9.17) is 16.3 Å². The molecule has 0 spiro atoms. The van der Waals surface area contributed by atoms with E-state index >= 15 is 0 Å². The van der Waals surface area contributed by atoms with Crippen LogP contribution in [0, 0.1) is 0 Å². The maximum absolute atomic E-state index is 12.1. The Balaban J connectivity index is 1.53. The van der Waals surface area contributed by atoms with E-state index in [2.05, 4.69) is 9.97 Å². The van der Waals surface area contributed by atoms with Crippen molar-refractivity contribution in [1.29, 1.82) is 0 Å². The van der Waals surface area contributed by atoms with Gasteiger partial charge in [0, 0.05) is 23.9 Å². The van der Waals surface area contributed by atoms with Gasteiger partial charge < -0.3 is 9.64 Å². The van der Waals surface area contributed by atoms with Gasteiger partial charge in [0.15, 0.2) is 0 Å². The Bertz CT molecular complexity index is 658. The van der Waals surface area contributed by atoms with Crippen molar-refractivity contribution in [1.82, 2.24) is 14.9 Å². The topological polar surface area (TPSA) is 55.3 Å². The van der Waals surface area contributed by atoms with Crippen LogP contribution in [0.2, 0.25) is 5.02 Å². The lowest BCUT2D eigenvalue weighted by atomic mass is 10.3. The summed E-state index contributed by atoms with van der Waals surface area (Å²) in [7, 11) is 0. The van der Waals surface area contributed by atoms with Gasteiger partial charge in [0.1, 0.15) is 6.10 Å². The fourth-order valence-corrected chi connectivity index (χ4v) is 2.90. The number of hydrogen-bond acceptors (Lipinski definition) is 5. The van der Waals surface area contributed by atoms with Gasteiger partial charge in [-0.1, -0.05) is 17.7 Å². The smallest absolute Gasteiger partial charge is 0.316 e. The highest BCUT2D eigenvalue weighted by molar-refractivity contribution is 7.10. The predicted molar refractivity (Wildman–Crippen MR) is 86.0 cm³/mol. The maximum atomic E-state index is 12.1. The number of nitrogens with zero attached hydrogens (tertiary/aromatic N) is 3. The summed E-state index contributed by atoms with van der Waals surface area (Å²) in [6.45, 7) is 1.21. The largest absolute Gasteiger partial charge is 0.458 e. The SMILES string of the molecule is O=C(/C=C/c1cccs1)N1CC[C@@H](Oc2ncc(Cl)cn2)C1. The summed E-state index contributed by atoms with van der Waals surface area (Å²) in [5.74, 6) is -0.00322. The molecule has 7 heteroatoms. The molecule has 1 aliphatic heterocycles. The number of aromatic nitrogens is 2. The Labute approximate surface area is 137 Å².